The molecule has 1 aromatic carbocycles. The van der Waals surface area contributed by atoms with Crippen molar-refractivity contribution in [3.05, 3.63) is 52.6 Å². The number of anilines is 1. The van der Waals surface area contributed by atoms with Crippen LogP contribution in [0.4, 0.5) is 5.82 Å². The van der Waals surface area contributed by atoms with Gasteiger partial charge in [-0.2, -0.15) is 10.2 Å². The molecule has 7 nitrogen and oxygen atoms in total. The molecule has 0 aliphatic heterocycles. The lowest BCUT2D eigenvalue weighted by molar-refractivity contribution is 0.102. The fourth-order valence-electron chi connectivity index (χ4n) is 2.42. The second-order valence-electron chi connectivity index (χ2n) is 5.25. The van der Waals surface area contributed by atoms with Gasteiger partial charge in [0.1, 0.15) is 0 Å². The van der Waals surface area contributed by atoms with Gasteiger partial charge in [0.25, 0.3) is 11.5 Å². The van der Waals surface area contributed by atoms with Crippen LogP contribution in [0.15, 0.2) is 41.3 Å². The Morgan fingerprint density at radius 2 is 1.91 bits per heavy atom. The number of hydrogen-bond donors (Lipinski definition) is 1. The maximum atomic E-state index is 12.6. The molecule has 7 heteroatoms. The first-order valence-corrected chi connectivity index (χ1v) is 7.41. The summed E-state index contributed by atoms with van der Waals surface area (Å²) in [4.78, 5) is 25.0. The van der Waals surface area contributed by atoms with Crippen LogP contribution in [0.5, 0.6) is 0 Å². The van der Waals surface area contributed by atoms with Crippen LogP contribution in [-0.4, -0.2) is 25.5 Å². The van der Waals surface area contributed by atoms with Crippen molar-refractivity contribution in [2.24, 2.45) is 7.05 Å². The zero-order valence-corrected chi connectivity index (χ0v) is 13.0. The molecule has 0 bridgehead atoms. The van der Waals surface area contributed by atoms with E-state index >= 15 is 0 Å². The smallest absolute Gasteiger partial charge is 0.277 e. The third-order valence-electron chi connectivity index (χ3n) is 3.47. The average molecular weight is 311 g/mol. The molecule has 0 aliphatic rings. The first-order chi connectivity index (χ1) is 11.1. The summed E-state index contributed by atoms with van der Waals surface area (Å²) >= 11 is 0. The topological polar surface area (TPSA) is 81.8 Å². The normalized spacial score (nSPS) is 10.9. The monoisotopic (exact) mass is 311 g/mol. The Balaban J connectivity index is 2.10. The maximum Gasteiger partial charge on any atom is 0.277 e. The predicted molar refractivity (Wildman–Crippen MR) is 87.5 cm³/mol. The number of nitrogens with one attached hydrogen (secondary N) is 1. The summed E-state index contributed by atoms with van der Waals surface area (Å²) in [5.41, 5.74) is 0.0381. The molecule has 2 heterocycles. The molecule has 2 aromatic heterocycles. The van der Waals surface area contributed by atoms with Gasteiger partial charge in [0, 0.05) is 31.2 Å². The van der Waals surface area contributed by atoms with Crippen molar-refractivity contribution in [1.82, 2.24) is 19.6 Å². The number of carbonyl (C=O) groups is 1. The molecule has 0 atom stereocenters. The van der Waals surface area contributed by atoms with Crippen molar-refractivity contribution >= 4 is 22.5 Å². The van der Waals surface area contributed by atoms with E-state index in [2.05, 4.69) is 15.5 Å². The molecule has 1 amide bonds. The van der Waals surface area contributed by atoms with Gasteiger partial charge in [0.15, 0.2) is 11.5 Å². The molecule has 118 valence electrons. The molecule has 0 unspecified atom stereocenters. The number of aryl methyl sites for hydroxylation is 2. The van der Waals surface area contributed by atoms with Gasteiger partial charge in [0.2, 0.25) is 0 Å². The highest BCUT2D eigenvalue weighted by Gasteiger charge is 2.17. The predicted octanol–water partition coefficient (Wildman–Crippen LogP) is 1.79. The van der Waals surface area contributed by atoms with E-state index in [0.29, 0.717) is 23.1 Å². The van der Waals surface area contributed by atoms with Gasteiger partial charge in [-0.05, 0) is 12.5 Å². The standard InChI is InChI=1S/C16H17N5O2/c1-3-9-21-16(23)12-7-5-4-6-11(12)14(19-21)15(22)17-13-8-10-20(2)18-13/h4-8,10H,3,9H2,1-2H3,(H,17,18,22). The van der Waals surface area contributed by atoms with Crippen LogP contribution in [0.25, 0.3) is 10.8 Å². The van der Waals surface area contributed by atoms with E-state index in [1.165, 1.54) is 4.68 Å². The Bertz CT molecular complexity index is 926. The second kappa shape index (κ2) is 6.04. The van der Waals surface area contributed by atoms with E-state index in [9.17, 15) is 9.59 Å². The number of amides is 1. The molecule has 0 spiro atoms. The first-order valence-electron chi connectivity index (χ1n) is 7.41. The largest absolute Gasteiger partial charge is 0.304 e. The first kappa shape index (κ1) is 15.0. The van der Waals surface area contributed by atoms with Crippen LogP contribution < -0.4 is 10.9 Å². The highest BCUT2D eigenvalue weighted by molar-refractivity contribution is 6.10. The summed E-state index contributed by atoms with van der Waals surface area (Å²) < 4.78 is 2.94. The van der Waals surface area contributed by atoms with Crippen molar-refractivity contribution in [3.63, 3.8) is 0 Å². The number of fused-ring (bicyclic) bond motifs is 1. The Kier molecular flexibility index (Phi) is 3.92. The van der Waals surface area contributed by atoms with Crippen molar-refractivity contribution < 1.29 is 4.79 Å². The van der Waals surface area contributed by atoms with Crippen LogP contribution in [0.2, 0.25) is 0 Å². The summed E-state index contributed by atoms with van der Waals surface area (Å²) in [5.74, 6) is 0.0568. The number of benzene rings is 1. The minimum Gasteiger partial charge on any atom is -0.304 e. The fourth-order valence-corrected chi connectivity index (χ4v) is 2.42. The van der Waals surface area contributed by atoms with E-state index < -0.39 is 0 Å². The zero-order valence-electron chi connectivity index (χ0n) is 13.0. The Hall–Kier alpha value is -2.96. The van der Waals surface area contributed by atoms with E-state index in [1.807, 2.05) is 6.92 Å². The van der Waals surface area contributed by atoms with Gasteiger partial charge in [-0.15, -0.1) is 0 Å². The van der Waals surface area contributed by atoms with Crippen LogP contribution in [-0.2, 0) is 13.6 Å². The minimum atomic E-state index is -0.384. The number of aromatic nitrogens is 4. The van der Waals surface area contributed by atoms with Crippen LogP contribution in [0.1, 0.15) is 23.8 Å². The summed E-state index contributed by atoms with van der Waals surface area (Å²) in [6.45, 7) is 2.42. The summed E-state index contributed by atoms with van der Waals surface area (Å²) in [6.07, 6.45) is 2.49. The third kappa shape index (κ3) is 2.85. The van der Waals surface area contributed by atoms with Crippen molar-refractivity contribution in [1.29, 1.82) is 0 Å². The lowest BCUT2D eigenvalue weighted by Gasteiger charge is -2.09. The van der Waals surface area contributed by atoms with Crippen LogP contribution in [0, 0.1) is 0 Å². The third-order valence-corrected chi connectivity index (χ3v) is 3.47. The maximum absolute atomic E-state index is 12.6. The van der Waals surface area contributed by atoms with E-state index in [1.54, 1.807) is 48.3 Å². The van der Waals surface area contributed by atoms with Crippen molar-refractivity contribution in [3.8, 4) is 0 Å². The fraction of sp³-hybridized carbons (Fsp3) is 0.250. The van der Waals surface area contributed by atoms with E-state index in [0.717, 1.165) is 6.42 Å². The quantitative estimate of drug-likeness (QED) is 0.796. The second-order valence-corrected chi connectivity index (χ2v) is 5.25. The Morgan fingerprint density at radius 3 is 2.57 bits per heavy atom. The van der Waals surface area contributed by atoms with Crippen LogP contribution in [0.3, 0.4) is 0 Å². The molecule has 0 aliphatic carbocycles. The molecular formula is C16H17N5O2. The van der Waals surface area contributed by atoms with Gasteiger partial charge < -0.3 is 5.32 Å². The van der Waals surface area contributed by atoms with E-state index in [4.69, 9.17) is 0 Å². The van der Waals surface area contributed by atoms with Crippen LogP contribution >= 0.6 is 0 Å². The Labute approximate surface area is 132 Å². The summed E-state index contributed by atoms with van der Waals surface area (Å²) in [5, 5.41) is 12.1. The molecule has 23 heavy (non-hydrogen) atoms. The highest BCUT2D eigenvalue weighted by Crippen LogP contribution is 2.15. The Morgan fingerprint density at radius 1 is 1.17 bits per heavy atom. The average Bonchev–Trinajstić information content (AvgIpc) is 2.95. The number of rotatable bonds is 4. The molecule has 0 radical (unpaired) electrons. The summed E-state index contributed by atoms with van der Waals surface area (Å²) in [6, 6.07) is 8.70. The SMILES string of the molecule is CCCn1nc(C(=O)Nc2ccn(C)n2)c2ccccc2c1=O. The van der Waals surface area contributed by atoms with Gasteiger partial charge in [-0.25, -0.2) is 4.68 Å². The summed E-state index contributed by atoms with van der Waals surface area (Å²) in [7, 11) is 1.77. The molecular weight excluding hydrogens is 294 g/mol. The van der Waals surface area contributed by atoms with Gasteiger partial charge in [-0.1, -0.05) is 25.1 Å². The molecule has 1 N–H and O–H groups in total. The minimum absolute atomic E-state index is 0.183. The zero-order chi connectivity index (χ0) is 16.4. The number of hydrogen-bond acceptors (Lipinski definition) is 4. The highest BCUT2D eigenvalue weighted by atomic mass is 16.2. The van der Waals surface area contributed by atoms with Crippen molar-refractivity contribution in [2.75, 3.05) is 5.32 Å². The van der Waals surface area contributed by atoms with Gasteiger partial charge in [0.05, 0.1) is 5.39 Å². The molecule has 3 rings (SSSR count). The molecule has 0 saturated carbocycles. The molecule has 0 fully saturated rings. The number of nitrogens with zero attached hydrogens (tertiary/aromatic N) is 4. The van der Waals surface area contributed by atoms with E-state index in [-0.39, 0.29) is 17.2 Å². The number of carbonyl (C=O) groups excluding carboxylic acids is 1. The lowest BCUT2D eigenvalue weighted by Crippen LogP contribution is -2.27. The lowest BCUT2D eigenvalue weighted by atomic mass is 10.1. The van der Waals surface area contributed by atoms with Gasteiger partial charge in [-0.3, -0.25) is 14.3 Å². The van der Waals surface area contributed by atoms with Gasteiger partial charge >= 0.3 is 0 Å². The molecule has 0 saturated heterocycles. The van der Waals surface area contributed by atoms with Crippen molar-refractivity contribution in [2.45, 2.75) is 19.9 Å². The molecule has 3 aromatic rings.